The molecule has 0 saturated carbocycles. The Bertz CT molecular complexity index is 233. The summed E-state index contributed by atoms with van der Waals surface area (Å²) < 4.78 is 10.6. The van der Waals surface area contributed by atoms with Gasteiger partial charge in [0.05, 0.1) is 6.61 Å². The van der Waals surface area contributed by atoms with Crippen LogP contribution in [-0.4, -0.2) is 38.4 Å². The predicted octanol–water partition coefficient (Wildman–Crippen LogP) is 2.90. The van der Waals surface area contributed by atoms with E-state index in [1.807, 2.05) is 13.8 Å². The van der Waals surface area contributed by atoms with E-state index >= 15 is 0 Å². The molecule has 0 aromatic carbocycles. The molecule has 1 unspecified atom stereocenters. The van der Waals surface area contributed by atoms with E-state index in [0.717, 1.165) is 38.9 Å². The van der Waals surface area contributed by atoms with Crippen molar-refractivity contribution in [2.45, 2.75) is 64.8 Å². The lowest BCUT2D eigenvalue weighted by molar-refractivity contribution is -0.150. The molecule has 0 fully saturated rings. The first-order valence-corrected chi connectivity index (χ1v) is 7.54. The van der Waals surface area contributed by atoms with Gasteiger partial charge in [0.15, 0.2) is 0 Å². The Hall–Kier alpha value is -0.610. The lowest BCUT2D eigenvalue weighted by Gasteiger charge is -2.26. The number of ether oxygens (including phenoxy) is 2. The number of unbranched alkanes of at least 4 members (excludes halogenated alkanes) is 3. The van der Waals surface area contributed by atoms with Crippen LogP contribution in [0.25, 0.3) is 0 Å². The second-order valence-electron chi connectivity index (χ2n) is 5.08. The van der Waals surface area contributed by atoms with Gasteiger partial charge in [-0.05, 0) is 46.6 Å². The first-order valence-electron chi connectivity index (χ1n) is 7.54. The molecule has 1 atom stereocenters. The largest absolute Gasteiger partial charge is 0.465 e. The molecule has 0 heterocycles. The minimum Gasteiger partial charge on any atom is -0.465 e. The van der Waals surface area contributed by atoms with Gasteiger partial charge in [-0.15, -0.1) is 0 Å². The molecule has 0 saturated heterocycles. The van der Waals surface area contributed by atoms with Gasteiger partial charge in [-0.2, -0.15) is 0 Å². The van der Waals surface area contributed by atoms with E-state index in [4.69, 9.17) is 9.47 Å². The summed E-state index contributed by atoms with van der Waals surface area (Å²) in [4.78, 5) is 11.8. The third kappa shape index (κ3) is 8.22. The molecule has 0 bridgehead atoms. The maximum absolute atomic E-state index is 11.8. The van der Waals surface area contributed by atoms with Crippen molar-refractivity contribution in [1.82, 2.24) is 5.32 Å². The van der Waals surface area contributed by atoms with Crippen LogP contribution in [0.2, 0.25) is 0 Å². The number of hydrogen-bond acceptors (Lipinski definition) is 4. The van der Waals surface area contributed by atoms with Gasteiger partial charge in [0, 0.05) is 13.2 Å². The van der Waals surface area contributed by atoms with Crippen molar-refractivity contribution < 1.29 is 14.3 Å². The van der Waals surface area contributed by atoms with Crippen molar-refractivity contribution >= 4 is 5.97 Å². The van der Waals surface area contributed by atoms with Gasteiger partial charge in [-0.1, -0.05) is 19.8 Å². The fourth-order valence-electron chi connectivity index (χ4n) is 1.86. The van der Waals surface area contributed by atoms with Gasteiger partial charge < -0.3 is 14.8 Å². The van der Waals surface area contributed by atoms with Crippen molar-refractivity contribution in [2.24, 2.45) is 0 Å². The van der Waals surface area contributed by atoms with Crippen LogP contribution < -0.4 is 5.32 Å². The summed E-state index contributed by atoms with van der Waals surface area (Å²) in [6.45, 7) is 7.98. The highest BCUT2D eigenvalue weighted by molar-refractivity contribution is 5.80. The Morgan fingerprint density at radius 2 is 1.74 bits per heavy atom. The van der Waals surface area contributed by atoms with Gasteiger partial charge in [-0.3, -0.25) is 4.79 Å². The standard InChI is InChI=1S/C15H31NO3/c1-5-7-9-12-18-13-10-8-11-15(3,16-4)14(17)19-6-2/h16H,5-13H2,1-4H3. The number of likely N-dealkylation sites (N-methyl/N-ethyl adjacent to an activating group) is 1. The van der Waals surface area contributed by atoms with Crippen molar-refractivity contribution in [3.8, 4) is 0 Å². The number of nitrogens with one attached hydrogen (secondary N) is 1. The molecular formula is C15H31NO3. The molecule has 0 amide bonds. The lowest BCUT2D eigenvalue weighted by Crippen LogP contribution is -2.48. The second kappa shape index (κ2) is 11.2. The smallest absolute Gasteiger partial charge is 0.326 e. The zero-order valence-electron chi connectivity index (χ0n) is 13.1. The zero-order valence-corrected chi connectivity index (χ0v) is 13.1. The van der Waals surface area contributed by atoms with Gasteiger partial charge in [0.1, 0.15) is 5.54 Å². The molecule has 0 radical (unpaired) electrons. The number of carbonyl (C=O) groups is 1. The molecule has 0 aliphatic rings. The number of rotatable bonds is 12. The molecule has 0 rings (SSSR count). The van der Waals surface area contributed by atoms with E-state index < -0.39 is 5.54 Å². The van der Waals surface area contributed by atoms with E-state index in [0.29, 0.717) is 6.61 Å². The van der Waals surface area contributed by atoms with Crippen molar-refractivity contribution in [3.63, 3.8) is 0 Å². The molecule has 0 aliphatic heterocycles. The van der Waals surface area contributed by atoms with Gasteiger partial charge >= 0.3 is 5.97 Å². The van der Waals surface area contributed by atoms with Crippen LogP contribution in [0.3, 0.4) is 0 Å². The molecule has 1 N–H and O–H groups in total. The maximum Gasteiger partial charge on any atom is 0.326 e. The van der Waals surface area contributed by atoms with Crippen LogP contribution in [0.1, 0.15) is 59.3 Å². The Morgan fingerprint density at radius 3 is 2.26 bits per heavy atom. The summed E-state index contributed by atoms with van der Waals surface area (Å²) in [5.41, 5.74) is -0.571. The molecule has 0 spiro atoms. The van der Waals surface area contributed by atoms with Crippen molar-refractivity contribution in [3.05, 3.63) is 0 Å². The average molecular weight is 273 g/mol. The summed E-state index contributed by atoms with van der Waals surface area (Å²) in [7, 11) is 1.80. The maximum atomic E-state index is 11.8. The normalized spacial score (nSPS) is 14.1. The van der Waals surface area contributed by atoms with Crippen LogP contribution in [-0.2, 0) is 14.3 Å². The predicted molar refractivity (Wildman–Crippen MR) is 78.3 cm³/mol. The van der Waals surface area contributed by atoms with Crippen LogP contribution in [0.4, 0.5) is 0 Å². The fourth-order valence-corrected chi connectivity index (χ4v) is 1.86. The highest BCUT2D eigenvalue weighted by Gasteiger charge is 2.31. The minimum atomic E-state index is -0.571. The van der Waals surface area contributed by atoms with E-state index in [1.54, 1.807) is 7.05 Å². The van der Waals surface area contributed by atoms with E-state index in [2.05, 4.69) is 12.2 Å². The fraction of sp³-hybridized carbons (Fsp3) is 0.933. The van der Waals surface area contributed by atoms with Crippen LogP contribution >= 0.6 is 0 Å². The van der Waals surface area contributed by atoms with Crippen LogP contribution in [0, 0.1) is 0 Å². The highest BCUT2D eigenvalue weighted by atomic mass is 16.5. The molecule has 4 heteroatoms. The summed E-state index contributed by atoms with van der Waals surface area (Å²) in [5.74, 6) is -0.165. The molecule has 0 aliphatic carbocycles. The van der Waals surface area contributed by atoms with E-state index in [-0.39, 0.29) is 5.97 Å². The average Bonchev–Trinajstić information content (AvgIpc) is 2.41. The van der Waals surface area contributed by atoms with Gasteiger partial charge in [0.2, 0.25) is 0 Å². The third-order valence-electron chi connectivity index (χ3n) is 3.39. The van der Waals surface area contributed by atoms with Crippen molar-refractivity contribution in [2.75, 3.05) is 26.9 Å². The van der Waals surface area contributed by atoms with E-state index in [9.17, 15) is 4.79 Å². The van der Waals surface area contributed by atoms with Gasteiger partial charge in [0.25, 0.3) is 0 Å². The zero-order chi connectivity index (χ0) is 14.6. The minimum absolute atomic E-state index is 0.165. The topological polar surface area (TPSA) is 47.6 Å². The molecule has 4 nitrogen and oxygen atoms in total. The molecule has 114 valence electrons. The van der Waals surface area contributed by atoms with E-state index in [1.165, 1.54) is 12.8 Å². The quantitative estimate of drug-likeness (QED) is 0.439. The van der Waals surface area contributed by atoms with Crippen molar-refractivity contribution in [1.29, 1.82) is 0 Å². The first-order chi connectivity index (χ1) is 9.10. The summed E-state index contributed by atoms with van der Waals surface area (Å²) in [6.07, 6.45) is 6.34. The Morgan fingerprint density at radius 1 is 1.11 bits per heavy atom. The van der Waals surface area contributed by atoms with Gasteiger partial charge in [-0.25, -0.2) is 0 Å². The third-order valence-corrected chi connectivity index (χ3v) is 3.39. The SMILES string of the molecule is CCCCCOCCCCC(C)(NC)C(=O)OCC. The monoisotopic (exact) mass is 273 g/mol. The number of carbonyl (C=O) groups excluding carboxylic acids is 1. The summed E-state index contributed by atoms with van der Waals surface area (Å²) >= 11 is 0. The Kier molecular flexibility index (Phi) is 10.9. The van der Waals surface area contributed by atoms with Crippen LogP contribution in [0.5, 0.6) is 0 Å². The Labute approximate surface area is 118 Å². The highest BCUT2D eigenvalue weighted by Crippen LogP contribution is 2.15. The Balaban J connectivity index is 3.69. The molecule has 0 aromatic heterocycles. The summed E-state index contributed by atoms with van der Waals surface area (Å²) in [5, 5.41) is 3.07. The second-order valence-corrected chi connectivity index (χ2v) is 5.08. The summed E-state index contributed by atoms with van der Waals surface area (Å²) in [6, 6.07) is 0. The van der Waals surface area contributed by atoms with Crippen LogP contribution in [0.15, 0.2) is 0 Å². The first kappa shape index (κ1) is 18.4. The lowest BCUT2D eigenvalue weighted by atomic mass is 9.95. The number of esters is 1. The molecular weight excluding hydrogens is 242 g/mol. The molecule has 0 aromatic rings. The molecule has 19 heavy (non-hydrogen) atoms. The number of hydrogen-bond donors (Lipinski definition) is 1.